The van der Waals surface area contributed by atoms with E-state index in [0.717, 1.165) is 0 Å². The van der Waals surface area contributed by atoms with Gasteiger partial charge in [-0.3, -0.25) is 0 Å². The average Bonchev–Trinajstić information content (AvgIpc) is 2.25. The molecule has 1 N–H and O–H groups in total. The first kappa shape index (κ1) is 12.6. The summed E-state index contributed by atoms with van der Waals surface area (Å²) in [5.41, 5.74) is 0. The Balaban J connectivity index is 3.16. The van der Waals surface area contributed by atoms with Crippen LogP contribution < -0.4 is 0 Å². The third-order valence-corrected chi connectivity index (χ3v) is 3.99. The fourth-order valence-electron chi connectivity index (χ4n) is 1.26. The Morgan fingerprint density at radius 1 is 1.50 bits per heavy atom. The van der Waals surface area contributed by atoms with Gasteiger partial charge in [-0.2, -0.15) is 4.31 Å². The summed E-state index contributed by atoms with van der Waals surface area (Å²) in [6, 6.07) is 5.52. The number of phenols is 1. The summed E-state index contributed by atoms with van der Waals surface area (Å²) >= 11 is 0. The molecule has 0 saturated heterocycles. The molecule has 86 valence electrons. The van der Waals surface area contributed by atoms with Crippen LogP contribution in [0.4, 0.5) is 0 Å². The van der Waals surface area contributed by atoms with E-state index in [1.807, 2.05) is 0 Å². The second kappa shape index (κ2) is 5.01. The van der Waals surface area contributed by atoms with Crippen molar-refractivity contribution >= 4 is 10.0 Å². The van der Waals surface area contributed by atoms with Crippen LogP contribution in [0.1, 0.15) is 6.92 Å². The van der Waals surface area contributed by atoms with E-state index in [9.17, 15) is 13.5 Å². The van der Waals surface area contributed by atoms with Gasteiger partial charge in [0, 0.05) is 6.54 Å². The molecule has 0 unspecified atom stereocenters. The van der Waals surface area contributed by atoms with E-state index in [1.165, 1.54) is 28.6 Å². The maximum Gasteiger partial charge on any atom is 0.244 e. The van der Waals surface area contributed by atoms with Crippen LogP contribution in [0.3, 0.4) is 0 Å². The summed E-state index contributed by atoms with van der Waals surface area (Å²) in [4.78, 5) is 0.0459. The summed E-state index contributed by atoms with van der Waals surface area (Å²) in [6.07, 6.45) is 5.10. The summed E-state index contributed by atoms with van der Waals surface area (Å²) < 4.78 is 25.2. The first-order valence-corrected chi connectivity index (χ1v) is 6.19. The van der Waals surface area contributed by atoms with E-state index in [4.69, 9.17) is 6.42 Å². The quantitative estimate of drug-likeness (QED) is 0.799. The Bertz CT molecular complexity index is 502. The summed E-state index contributed by atoms with van der Waals surface area (Å²) in [5, 5.41) is 9.24. The maximum absolute atomic E-state index is 12.0. The van der Waals surface area contributed by atoms with Crippen LogP contribution in [-0.2, 0) is 10.0 Å². The monoisotopic (exact) mass is 239 g/mol. The lowest BCUT2D eigenvalue weighted by molar-refractivity contribution is 0.458. The van der Waals surface area contributed by atoms with Gasteiger partial charge in [-0.05, 0) is 18.2 Å². The fourth-order valence-corrected chi connectivity index (χ4v) is 2.66. The summed E-state index contributed by atoms with van der Waals surface area (Å²) in [7, 11) is -3.60. The molecule has 1 aromatic carbocycles. The molecule has 0 heterocycles. The molecular formula is C11H13NO3S. The van der Waals surface area contributed by atoms with Crippen LogP contribution in [0.2, 0.25) is 0 Å². The molecule has 16 heavy (non-hydrogen) atoms. The Kier molecular flexibility index (Phi) is 3.93. The second-order valence-electron chi connectivity index (χ2n) is 3.13. The Labute approximate surface area is 95.6 Å². The number of nitrogens with zero attached hydrogens (tertiary/aromatic N) is 1. The topological polar surface area (TPSA) is 57.6 Å². The van der Waals surface area contributed by atoms with Crippen molar-refractivity contribution in [2.24, 2.45) is 0 Å². The minimum atomic E-state index is -3.60. The zero-order valence-corrected chi connectivity index (χ0v) is 9.74. The van der Waals surface area contributed by atoms with Gasteiger partial charge in [-0.25, -0.2) is 8.42 Å². The van der Waals surface area contributed by atoms with Crippen molar-refractivity contribution in [3.8, 4) is 18.1 Å². The van der Waals surface area contributed by atoms with E-state index < -0.39 is 10.0 Å². The van der Waals surface area contributed by atoms with E-state index in [2.05, 4.69) is 5.92 Å². The van der Waals surface area contributed by atoms with E-state index in [1.54, 1.807) is 6.92 Å². The lowest BCUT2D eigenvalue weighted by Crippen LogP contribution is -2.31. The second-order valence-corrected chi connectivity index (χ2v) is 5.07. The number of terminal acetylenes is 1. The molecular weight excluding hydrogens is 226 g/mol. The highest BCUT2D eigenvalue weighted by Crippen LogP contribution is 2.19. The highest BCUT2D eigenvalue weighted by Gasteiger charge is 2.22. The van der Waals surface area contributed by atoms with Crippen LogP contribution in [0.5, 0.6) is 5.75 Å². The molecule has 0 atom stereocenters. The smallest absolute Gasteiger partial charge is 0.244 e. The van der Waals surface area contributed by atoms with E-state index in [0.29, 0.717) is 6.54 Å². The van der Waals surface area contributed by atoms with Crippen LogP contribution in [0.15, 0.2) is 29.2 Å². The first-order valence-electron chi connectivity index (χ1n) is 4.75. The lowest BCUT2D eigenvalue weighted by atomic mass is 10.3. The fraction of sp³-hybridized carbons (Fsp3) is 0.273. The van der Waals surface area contributed by atoms with Gasteiger partial charge >= 0.3 is 0 Å². The molecule has 5 heteroatoms. The van der Waals surface area contributed by atoms with E-state index >= 15 is 0 Å². The van der Waals surface area contributed by atoms with Crippen molar-refractivity contribution in [3.05, 3.63) is 24.3 Å². The predicted molar refractivity (Wildman–Crippen MR) is 61.4 cm³/mol. The van der Waals surface area contributed by atoms with Gasteiger partial charge in [-0.15, -0.1) is 6.42 Å². The third kappa shape index (κ3) is 2.54. The largest absolute Gasteiger partial charge is 0.508 e. The molecule has 0 saturated carbocycles. The van der Waals surface area contributed by atoms with Crippen molar-refractivity contribution in [2.45, 2.75) is 11.8 Å². The standard InChI is InChI=1S/C11H13NO3S/c1-3-8-12(4-2)16(14,15)11-7-5-6-10(13)9-11/h1,5-7,9,13H,4,8H2,2H3. The SMILES string of the molecule is C#CCN(CC)S(=O)(=O)c1cccc(O)c1. The molecule has 1 aromatic rings. The number of hydrogen-bond acceptors (Lipinski definition) is 3. The molecule has 0 fully saturated rings. The molecule has 4 nitrogen and oxygen atoms in total. The molecule has 0 radical (unpaired) electrons. The van der Waals surface area contributed by atoms with Crippen LogP contribution in [0, 0.1) is 12.3 Å². The molecule has 0 aliphatic heterocycles. The molecule has 1 rings (SSSR count). The third-order valence-electron chi connectivity index (χ3n) is 2.08. The van der Waals surface area contributed by atoms with Crippen molar-refractivity contribution < 1.29 is 13.5 Å². The number of sulfonamides is 1. The number of hydrogen-bond donors (Lipinski definition) is 1. The number of benzene rings is 1. The lowest BCUT2D eigenvalue weighted by Gasteiger charge is -2.17. The molecule has 0 amide bonds. The van der Waals surface area contributed by atoms with Gasteiger partial charge < -0.3 is 5.11 Å². The van der Waals surface area contributed by atoms with E-state index in [-0.39, 0.29) is 17.2 Å². The van der Waals surface area contributed by atoms with Crippen molar-refractivity contribution in [3.63, 3.8) is 0 Å². The summed E-state index contributed by atoms with van der Waals surface area (Å²) in [6.45, 7) is 2.02. The molecule has 0 aromatic heterocycles. The summed E-state index contributed by atoms with van der Waals surface area (Å²) in [5.74, 6) is 2.21. The van der Waals surface area contributed by atoms with Crippen molar-refractivity contribution in [2.75, 3.05) is 13.1 Å². The highest BCUT2D eigenvalue weighted by atomic mass is 32.2. The highest BCUT2D eigenvalue weighted by molar-refractivity contribution is 7.89. The van der Waals surface area contributed by atoms with Gasteiger partial charge in [-0.1, -0.05) is 18.9 Å². The van der Waals surface area contributed by atoms with Crippen LogP contribution >= 0.6 is 0 Å². The average molecular weight is 239 g/mol. The van der Waals surface area contributed by atoms with Gasteiger partial charge in [0.15, 0.2) is 0 Å². The minimum absolute atomic E-state index is 0.0223. The minimum Gasteiger partial charge on any atom is -0.508 e. The van der Waals surface area contributed by atoms with Gasteiger partial charge in [0.2, 0.25) is 10.0 Å². The number of aromatic hydroxyl groups is 1. The Morgan fingerprint density at radius 2 is 2.19 bits per heavy atom. The molecule has 0 bridgehead atoms. The van der Waals surface area contributed by atoms with Crippen molar-refractivity contribution in [1.82, 2.24) is 4.31 Å². The van der Waals surface area contributed by atoms with Gasteiger partial charge in [0.1, 0.15) is 5.75 Å². The number of rotatable bonds is 4. The predicted octanol–water partition coefficient (Wildman–Crippen LogP) is 1.04. The van der Waals surface area contributed by atoms with Crippen LogP contribution in [0.25, 0.3) is 0 Å². The first-order chi connectivity index (χ1) is 7.52. The van der Waals surface area contributed by atoms with Crippen molar-refractivity contribution in [1.29, 1.82) is 0 Å². The zero-order chi connectivity index (χ0) is 12.2. The molecule has 0 aliphatic rings. The Morgan fingerprint density at radius 3 is 2.69 bits per heavy atom. The zero-order valence-electron chi connectivity index (χ0n) is 8.92. The normalized spacial score (nSPS) is 11.3. The Hall–Kier alpha value is -1.51. The van der Waals surface area contributed by atoms with Gasteiger partial charge in [0.05, 0.1) is 11.4 Å². The molecule has 0 spiro atoms. The molecule has 0 aliphatic carbocycles. The van der Waals surface area contributed by atoms with Crippen LogP contribution in [-0.4, -0.2) is 30.9 Å². The number of phenolic OH excluding ortho intramolecular Hbond substituents is 1. The van der Waals surface area contributed by atoms with Gasteiger partial charge in [0.25, 0.3) is 0 Å². The maximum atomic E-state index is 12.0.